The fraction of sp³-hybridized carbons (Fsp3) is 0.222. The predicted molar refractivity (Wildman–Crippen MR) is 85.1 cm³/mol. The average Bonchev–Trinajstić information content (AvgIpc) is 2.48. The summed E-state index contributed by atoms with van der Waals surface area (Å²) in [6, 6.07) is 7.04. The quantitative estimate of drug-likeness (QED) is 0.148. The van der Waals surface area contributed by atoms with E-state index in [4.69, 9.17) is 5.53 Å². The first-order chi connectivity index (χ1) is 10.2. The standard InChI is InChI=1S/C18H18N2O/c1-3-9-15(2)10-5-4-6-11-16-12-7-8-13-17(16)18(21)14-20-19/h3,7-9,12-14H,1,4-5,10H2,2H3/b15-9+. The van der Waals surface area contributed by atoms with Crippen molar-refractivity contribution in [3.05, 3.63) is 65.2 Å². The molecule has 106 valence electrons. The van der Waals surface area contributed by atoms with Gasteiger partial charge in [-0.1, -0.05) is 48.3 Å². The maximum absolute atomic E-state index is 11.7. The molecule has 0 heterocycles. The van der Waals surface area contributed by atoms with E-state index in [1.54, 1.807) is 24.3 Å². The lowest BCUT2D eigenvalue weighted by molar-refractivity contribution is 0.00234. The zero-order chi connectivity index (χ0) is 15.5. The molecule has 0 atom stereocenters. The van der Waals surface area contributed by atoms with Gasteiger partial charge < -0.3 is 5.53 Å². The molecule has 0 aliphatic heterocycles. The van der Waals surface area contributed by atoms with Crippen LogP contribution >= 0.6 is 0 Å². The molecule has 3 nitrogen and oxygen atoms in total. The lowest BCUT2D eigenvalue weighted by atomic mass is 10.0. The Labute approximate surface area is 125 Å². The molecule has 0 spiro atoms. The first kappa shape index (κ1) is 16.4. The summed E-state index contributed by atoms with van der Waals surface area (Å²) in [6.45, 7) is 5.73. The van der Waals surface area contributed by atoms with E-state index >= 15 is 0 Å². The number of Topliss-reactive ketones (excluding diaryl/α,β-unsaturated/α-hetero) is 1. The van der Waals surface area contributed by atoms with Crippen molar-refractivity contribution in [3.63, 3.8) is 0 Å². The van der Waals surface area contributed by atoms with E-state index in [0.29, 0.717) is 11.1 Å². The van der Waals surface area contributed by atoms with Crippen molar-refractivity contribution < 1.29 is 9.58 Å². The third kappa shape index (κ3) is 5.86. The topological polar surface area (TPSA) is 53.5 Å². The largest absolute Gasteiger partial charge is 0.361 e. The zero-order valence-corrected chi connectivity index (χ0v) is 12.2. The maximum atomic E-state index is 11.7. The molecule has 0 bridgehead atoms. The van der Waals surface area contributed by atoms with E-state index in [2.05, 4.69) is 30.1 Å². The minimum absolute atomic E-state index is 0.354. The number of benzene rings is 1. The fourth-order valence-electron chi connectivity index (χ4n) is 1.83. The van der Waals surface area contributed by atoms with Crippen LogP contribution in [-0.2, 0) is 0 Å². The molecule has 0 fully saturated rings. The van der Waals surface area contributed by atoms with Crippen molar-refractivity contribution >= 4 is 12.0 Å². The number of nitrogens with zero attached hydrogens (tertiary/aromatic N) is 2. The van der Waals surface area contributed by atoms with Gasteiger partial charge in [0.05, 0.1) is 0 Å². The Morgan fingerprint density at radius 2 is 2.19 bits per heavy atom. The highest BCUT2D eigenvalue weighted by molar-refractivity contribution is 6.34. The third-order valence-electron chi connectivity index (χ3n) is 2.87. The summed E-state index contributed by atoms with van der Waals surface area (Å²) >= 11 is 0. The van der Waals surface area contributed by atoms with Gasteiger partial charge in [0.25, 0.3) is 5.78 Å². The first-order valence-corrected chi connectivity index (χ1v) is 6.77. The van der Waals surface area contributed by atoms with Gasteiger partial charge in [0.15, 0.2) is 0 Å². The van der Waals surface area contributed by atoms with Crippen molar-refractivity contribution in [2.24, 2.45) is 0 Å². The maximum Gasteiger partial charge on any atom is 0.328 e. The summed E-state index contributed by atoms with van der Waals surface area (Å²) in [4.78, 5) is 14.5. The Balaban J connectivity index is 2.70. The molecule has 0 radical (unpaired) electrons. The van der Waals surface area contributed by atoms with Crippen molar-refractivity contribution in [1.82, 2.24) is 0 Å². The van der Waals surface area contributed by atoms with Gasteiger partial charge in [0.2, 0.25) is 0 Å². The van der Waals surface area contributed by atoms with Gasteiger partial charge in [-0.05, 0) is 31.9 Å². The molecule has 1 aromatic rings. The fourth-order valence-corrected chi connectivity index (χ4v) is 1.83. The molecular formula is C18H18N2O. The lowest BCUT2D eigenvalue weighted by Gasteiger charge is -1.97. The van der Waals surface area contributed by atoms with Gasteiger partial charge >= 0.3 is 6.21 Å². The molecule has 0 unspecified atom stereocenters. The van der Waals surface area contributed by atoms with Gasteiger partial charge in [-0.3, -0.25) is 4.79 Å². The number of carbonyl (C=O) groups excluding carboxylic acids is 1. The third-order valence-corrected chi connectivity index (χ3v) is 2.87. The van der Waals surface area contributed by atoms with Gasteiger partial charge in [0.1, 0.15) is 0 Å². The predicted octanol–water partition coefficient (Wildman–Crippen LogP) is 3.82. The molecule has 0 aliphatic rings. The smallest absolute Gasteiger partial charge is 0.328 e. The van der Waals surface area contributed by atoms with Gasteiger partial charge in [-0.15, -0.1) is 0 Å². The Hall–Kier alpha value is -2.69. The van der Waals surface area contributed by atoms with Crippen molar-refractivity contribution in [2.45, 2.75) is 26.2 Å². The number of allylic oxidation sites excluding steroid dienone is 3. The number of carbonyl (C=O) groups is 1. The molecule has 1 rings (SSSR count). The highest BCUT2D eigenvalue weighted by Gasteiger charge is 2.10. The van der Waals surface area contributed by atoms with Crippen molar-refractivity contribution in [2.75, 3.05) is 0 Å². The van der Waals surface area contributed by atoms with E-state index in [9.17, 15) is 4.79 Å². The second-order valence-corrected chi connectivity index (χ2v) is 4.56. The Kier molecular flexibility index (Phi) is 7.21. The van der Waals surface area contributed by atoms with Gasteiger partial charge in [0, 0.05) is 17.5 Å². The molecular weight excluding hydrogens is 260 g/mol. The number of hydrogen-bond acceptors (Lipinski definition) is 1. The number of unbranched alkanes of at least 4 members (excludes halogenated alkanes) is 1. The summed E-state index contributed by atoms with van der Waals surface area (Å²) in [5.41, 5.74) is 10.8. The van der Waals surface area contributed by atoms with E-state index in [1.165, 1.54) is 5.57 Å². The van der Waals surface area contributed by atoms with Crippen LogP contribution < -0.4 is 0 Å². The molecule has 0 amide bonds. The van der Waals surface area contributed by atoms with Crippen molar-refractivity contribution in [3.8, 4) is 11.8 Å². The summed E-state index contributed by atoms with van der Waals surface area (Å²) < 4.78 is 0. The normalized spacial score (nSPS) is 10.0. The molecule has 3 heteroatoms. The highest BCUT2D eigenvalue weighted by atomic mass is 16.1. The van der Waals surface area contributed by atoms with E-state index in [0.717, 1.165) is 25.5 Å². The van der Waals surface area contributed by atoms with Crippen molar-refractivity contribution in [1.29, 1.82) is 0 Å². The Morgan fingerprint density at radius 3 is 2.90 bits per heavy atom. The molecule has 0 N–H and O–H groups in total. The zero-order valence-electron chi connectivity index (χ0n) is 12.2. The van der Waals surface area contributed by atoms with E-state index in [-0.39, 0.29) is 5.78 Å². The number of ketones is 1. The number of hydrogen-bond donors (Lipinski definition) is 0. The molecule has 0 aromatic heterocycles. The summed E-state index contributed by atoms with van der Waals surface area (Å²) in [7, 11) is 0. The van der Waals surface area contributed by atoms with Crippen LogP contribution in [-0.4, -0.2) is 16.8 Å². The summed E-state index contributed by atoms with van der Waals surface area (Å²) in [5.74, 6) is 5.72. The Morgan fingerprint density at radius 1 is 1.43 bits per heavy atom. The van der Waals surface area contributed by atoms with Crippen LogP contribution in [0.25, 0.3) is 5.53 Å². The molecule has 0 saturated heterocycles. The van der Waals surface area contributed by atoms with Crippen LogP contribution in [0.2, 0.25) is 0 Å². The first-order valence-electron chi connectivity index (χ1n) is 6.77. The molecule has 1 aromatic carbocycles. The Bertz CT molecular complexity index is 653. The SMILES string of the molecule is C=C/C=C(\C)CCCC#Cc1ccccc1C(=O)C=[N+]=[N-]. The van der Waals surface area contributed by atoms with Crippen LogP contribution in [0.4, 0.5) is 0 Å². The van der Waals surface area contributed by atoms with Crippen LogP contribution in [0.3, 0.4) is 0 Å². The summed E-state index contributed by atoms with van der Waals surface area (Å²) in [6.07, 6.45) is 7.37. The number of rotatable bonds is 6. The average molecular weight is 278 g/mol. The van der Waals surface area contributed by atoms with Gasteiger partial charge in [-0.25, -0.2) is 0 Å². The minimum atomic E-state index is -0.354. The minimum Gasteiger partial charge on any atom is -0.361 e. The van der Waals surface area contributed by atoms with E-state index in [1.807, 2.05) is 12.1 Å². The van der Waals surface area contributed by atoms with Crippen LogP contribution in [0.5, 0.6) is 0 Å². The van der Waals surface area contributed by atoms with Gasteiger partial charge in [-0.2, -0.15) is 4.79 Å². The second kappa shape index (κ2) is 9.25. The highest BCUT2D eigenvalue weighted by Crippen LogP contribution is 2.09. The van der Waals surface area contributed by atoms with Crippen LogP contribution in [0.1, 0.15) is 42.1 Å². The molecule has 0 aliphatic carbocycles. The summed E-state index contributed by atoms with van der Waals surface area (Å²) in [5, 5.41) is 0. The molecule has 21 heavy (non-hydrogen) atoms. The van der Waals surface area contributed by atoms with E-state index < -0.39 is 0 Å². The van der Waals surface area contributed by atoms with Crippen LogP contribution in [0, 0.1) is 11.8 Å². The molecule has 0 saturated carbocycles. The lowest BCUT2D eigenvalue weighted by Crippen LogP contribution is -2.03. The van der Waals surface area contributed by atoms with Crippen LogP contribution in [0.15, 0.2) is 48.6 Å². The monoisotopic (exact) mass is 278 g/mol. The second-order valence-electron chi connectivity index (χ2n) is 4.56.